The maximum Gasteiger partial charge on any atom is 0.265 e. The van der Waals surface area contributed by atoms with Gasteiger partial charge in [0.25, 0.3) is 5.91 Å². The number of aryl methyl sites for hydroxylation is 1. The molecular formula is C17H20ClN3O2S2. The minimum absolute atomic E-state index is 0.109. The molecule has 2 aliphatic rings. The van der Waals surface area contributed by atoms with E-state index in [2.05, 4.69) is 16.0 Å². The van der Waals surface area contributed by atoms with Crippen molar-refractivity contribution in [2.24, 2.45) is 5.92 Å². The van der Waals surface area contributed by atoms with Crippen LogP contribution in [0.1, 0.15) is 20.2 Å². The molecule has 0 aromatic carbocycles. The van der Waals surface area contributed by atoms with Crippen LogP contribution in [-0.2, 0) is 11.3 Å². The van der Waals surface area contributed by atoms with Gasteiger partial charge < -0.3 is 9.64 Å². The fourth-order valence-electron chi connectivity index (χ4n) is 3.58. The Morgan fingerprint density at radius 1 is 1.36 bits per heavy atom. The summed E-state index contributed by atoms with van der Waals surface area (Å²) in [6.45, 7) is 6.54. The number of thiazole rings is 1. The smallest absolute Gasteiger partial charge is 0.265 e. The number of fused-ring (bicyclic) bond motifs is 3. The number of nitrogens with zero attached hydrogens (tertiary/aromatic N) is 3. The standard InChI is InChI=1S/C17H20ClN3O2S2/c1-11-16(24-10-19-11)17(22)21-5-12-4-20(13(6-21)9-23-8-12)7-14-2-3-15(18)25-14/h2-3,10,12-13H,4-9H2,1H3/t12-,13+/m1/s1. The quantitative estimate of drug-likeness (QED) is 0.798. The molecule has 0 unspecified atom stereocenters. The highest BCUT2D eigenvalue weighted by molar-refractivity contribution is 7.16. The number of hydrogen-bond donors (Lipinski definition) is 0. The Kier molecular flexibility index (Phi) is 5.11. The first-order valence-electron chi connectivity index (χ1n) is 8.35. The monoisotopic (exact) mass is 397 g/mol. The van der Waals surface area contributed by atoms with Crippen molar-refractivity contribution in [3.05, 3.63) is 37.4 Å². The summed E-state index contributed by atoms with van der Waals surface area (Å²) in [6.07, 6.45) is 0. The zero-order valence-corrected chi connectivity index (χ0v) is 16.4. The second kappa shape index (κ2) is 7.32. The molecule has 0 spiro atoms. The highest BCUT2D eigenvalue weighted by Gasteiger charge is 2.36. The summed E-state index contributed by atoms with van der Waals surface area (Å²) in [5.74, 6) is 0.443. The lowest BCUT2D eigenvalue weighted by atomic mass is 10.1. The van der Waals surface area contributed by atoms with Gasteiger partial charge in [0.2, 0.25) is 0 Å². The van der Waals surface area contributed by atoms with Crippen LogP contribution in [0.3, 0.4) is 0 Å². The lowest BCUT2D eigenvalue weighted by molar-refractivity contribution is 0.0409. The van der Waals surface area contributed by atoms with Crippen molar-refractivity contribution in [2.75, 3.05) is 32.8 Å². The molecule has 134 valence electrons. The first kappa shape index (κ1) is 17.4. The van der Waals surface area contributed by atoms with Crippen LogP contribution in [0.5, 0.6) is 0 Å². The van der Waals surface area contributed by atoms with Crippen LogP contribution >= 0.6 is 34.3 Å². The van der Waals surface area contributed by atoms with Gasteiger partial charge in [-0.25, -0.2) is 4.98 Å². The Balaban J connectivity index is 1.53. The molecule has 0 saturated carbocycles. The van der Waals surface area contributed by atoms with Gasteiger partial charge in [-0.3, -0.25) is 9.69 Å². The van der Waals surface area contributed by atoms with Crippen LogP contribution in [0, 0.1) is 12.8 Å². The van der Waals surface area contributed by atoms with Gasteiger partial charge >= 0.3 is 0 Å². The summed E-state index contributed by atoms with van der Waals surface area (Å²) in [6, 6.07) is 4.25. The Morgan fingerprint density at radius 2 is 2.24 bits per heavy atom. The van der Waals surface area contributed by atoms with Gasteiger partial charge in [0.1, 0.15) is 4.88 Å². The van der Waals surface area contributed by atoms with Crippen molar-refractivity contribution in [3.8, 4) is 0 Å². The summed E-state index contributed by atoms with van der Waals surface area (Å²) in [5.41, 5.74) is 2.57. The summed E-state index contributed by atoms with van der Waals surface area (Å²) in [4.78, 5) is 23.7. The number of amides is 1. The zero-order valence-electron chi connectivity index (χ0n) is 14.0. The van der Waals surface area contributed by atoms with E-state index in [4.69, 9.17) is 16.3 Å². The van der Waals surface area contributed by atoms with E-state index in [0.29, 0.717) is 25.7 Å². The average molecular weight is 398 g/mol. The van der Waals surface area contributed by atoms with E-state index in [1.54, 1.807) is 16.8 Å². The Bertz CT molecular complexity index is 763. The first-order valence-corrected chi connectivity index (χ1v) is 10.4. The SMILES string of the molecule is Cc1ncsc1C(=O)N1C[C@@H]2COC[C@H](C1)N(Cc1ccc(Cl)s1)C2. The third-order valence-electron chi connectivity index (χ3n) is 4.80. The normalized spacial score (nSPS) is 24.3. The van der Waals surface area contributed by atoms with Crippen molar-refractivity contribution in [3.63, 3.8) is 0 Å². The van der Waals surface area contributed by atoms with Gasteiger partial charge in [0.15, 0.2) is 0 Å². The predicted molar refractivity (Wildman–Crippen MR) is 101 cm³/mol. The number of hydrogen-bond acceptors (Lipinski definition) is 6. The second-order valence-electron chi connectivity index (χ2n) is 6.67. The molecule has 1 amide bonds. The maximum absolute atomic E-state index is 13.0. The highest BCUT2D eigenvalue weighted by Crippen LogP contribution is 2.27. The number of carbonyl (C=O) groups excluding carboxylic acids is 1. The molecule has 0 aliphatic carbocycles. The molecule has 25 heavy (non-hydrogen) atoms. The molecule has 2 atom stereocenters. The van der Waals surface area contributed by atoms with Crippen LogP contribution in [0.15, 0.2) is 17.6 Å². The molecule has 4 heterocycles. The van der Waals surface area contributed by atoms with Crippen LogP contribution in [-0.4, -0.2) is 59.6 Å². The van der Waals surface area contributed by atoms with Crippen molar-refractivity contribution in [1.29, 1.82) is 0 Å². The van der Waals surface area contributed by atoms with Crippen molar-refractivity contribution in [2.45, 2.75) is 19.5 Å². The lowest BCUT2D eigenvalue weighted by Crippen LogP contribution is -2.45. The van der Waals surface area contributed by atoms with E-state index in [9.17, 15) is 4.79 Å². The van der Waals surface area contributed by atoms with E-state index in [1.165, 1.54) is 16.2 Å². The molecule has 5 nitrogen and oxygen atoms in total. The van der Waals surface area contributed by atoms with Crippen LogP contribution in [0.25, 0.3) is 0 Å². The van der Waals surface area contributed by atoms with Gasteiger partial charge in [0, 0.05) is 37.0 Å². The van der Waals surface area contributed by atoms with Gasteiger partial charge in [0.05, 0.1) is 34.8 Å². The van der Waals surface area contributed by atoms with Gasteiger partial charge in [-0.15, -0.1) is 22.7 Å². The maximum atomic E-state index is 13.0. The summed E-state index contributed by atoms with van der Waals surface area (Å²) in [5, 5.41) is 0. The molecule has 0 N–H and O–H groups in total. The molecule has 2 saturated heterocycles. The van der Waals surface area contributed by atoms with E-state index in [0.717, 1.165) is 34.5 Å². The Labute approximate surface area is 160 Å². The summed E-state index contributed by atoms with van der Waals surface area (Å²) < 4.78 is 6.69. The van der Waals surface area contributed by atoms with Crippen molar-refractivity contribution >= 4 is 40.2 Å². The van der Waals surface area contributed by atoms with Crippen LogP contribution in [0.2, 0.25) is 4.34 Å². The number of carbonyl (C=O) groups is 1. The zero-order chi connectivity index (χ0) is 17.4. The molecule has 2 aromatic heterocycles. The van der Waals surface area contributed by atoms with Crippen LogP contribution < -0.4 is 0 Å². The van der Waals surface area contributed by atoms with E-state index < -0.39 is 0 Å². The van der Waals surface area contributed by atoms with E-state index in [-0.39, 0.29) is 11.9 Å². The fraction of sp³-hybridized carbons (Fsp3) is 0.529. The number of ether oxygens (including phenoxy) is 1. The molecule has 0 radical (unpaired) electrons. The first-order chi connectivity index (χ1) is 12.1. The van der Waals surface area contributed by atoms with Crippen LogP contribution in [0.4, 0.5) is 0 Å². The van der Waals surface area contributed by atoms with Gasteiger partial charge in [-0.1, -0.05) is 11.6 Å². The molecule has 2 bridgehead atoms. The fourth-order valence-corrected chi connectivity index (χ4v) is 5.46. The Morgan fingerprint density at radius 3 is 2.96 bits per heavy atom. The second-order valence-corrected chi connectivity index (χ2v) is 9.32. The number of thiophene rings is 1. The summed E-state index contributed by atoms with van der Waals surface area (Å²) in [7, 11) is 0. The number of rotatable bonds is 3. The van der Waals surface area contributed by atoms with Gasteiger partial charge in [-0.05, 0) is 19.1 Å². The third kappa shape index (κ3) is 3.75. The molecule has 2 fully saturated rings. The molecule has 8 heteroatoms. The van der Waals surface area contributed by atoms with E-state index in [1.807, 2.05) is 17.9 Å². The van der Waals surface area contributed by atoms with Gasteiger partial charge in [-0.2, -0.15) is 0 Å². The number of halogens is 1. The molecule has 2 aliphatic heterocycles. The van der Waals surface area contributed by atoms with Crippen molar-refractivity contribution < 1.29 is 9.53 Å². The minimum atomic E-state index is 0.109. The molecular weight excluding hydrogens is 378 g/mol. The third-order valence-corrected chi connectivity index (χ3v) is 6.93. The summed E-state index contributed by atoms with van der Waals surface area (Å²) >= 11 is 9.13. The highest BCUT2D eigenvalue weighted by atomic mass is 35.5. The predicted octanol–water partition coefficient (Wildman–Crippen LogP) is 3.14. The minimum Gasteiger partial charge on any atom is -0.379 e. The number of aromatic nitrogens is 1. The molecule has 2 aromatic rings. The Hall–Kier alpha value is -0.990. The average Bonchev–Trinajstić information content (AvgIpc) is 3.06. The largest absolute Gasteiger partial charge is 0.379 e. The molecule has 4 rings (SSSR count). The topological polar surface area (TPSA) is 45.7 Å². The van der Waals surface area contributed by atoms with E-state index >= 15 is 0 Å². The lowest BCUT2D eigenvalue weighted by Gasteiger charge is -2.31. The van der Waals surface area contributed by atoms with Crippen molar-refractivity contribution in [1.82, 2.24) is 14.8 Å².